The summed E-state index contributed by atoms with van der Waals surface area (Å²) in [6.45, 7) is 5.68. The van der Waals surface area contributed by atoms with Gasteiger partial charge in [-0.3, -0.25) is 9.88 Å². The Morgan fingerprint density at radius 3 is 2.70 bits per heavy atom. The summed E-state index contributed by atoms with van der Waals surface area (Å²) in [4.78, 5) is 7.04. The minimum absolute atomic E-state index is 0.676. The molecule has 1 fully saturated rings. The highest BCUT2D eigenvalue weighted by Gasteiger charge is 2.15. The number of hydrogen-bond donors (Lipinski definition) is 1. The third-order valence-corrected chi connectivity index (χ3v) is 5.61. The van der Waals surface area contributed by atoms with E-state index in [-0.39, 0.29) is 0 Å². The average molecular weight is 404 g/mol. The van der Waals surface area contributed by atoms with E-state index in [9.17, 15) is 0 Å². The second-order valence-corrected chi connectivity index (χ2v) is 7.77. The van der Waals surface area contributed by atoms with Crippen LogP contribution in [0, 0.1) is 6.92 Å². The molecule has 0 unspecified atom stereocenters. The first kappa shape index (κ1) is 20.2. The molecule has 156 valence electrons. The van der Waals surface area contributed by atoms with E-state index >= 15 is 0 Å². The first-order valence-electron chi connectivity index (χ1n) is 10.5. The van der Waals surface area contributed by atoms with Crippen LogP contribution in [0.25, 0.3) is 17.0 Å². The van der Waals surface area contributed by atoms with Gasteiger partial charge >= 0.3 is 0 Å². The molecular weight excluding hydrogens is 374 g/mol. The van der Waals surface area contributed by atoms with Crippen LogP contribution in [0.5, 0.6) is 11.5 Å². The van der Waals surface area contributed by atoms with Crippen molar-refractivity contribution < 1.29 is 9.47 Å². The van der Waals surface area contributed by atoms with Crippen molar-refractivity contribution in [3.8, 4) is 11.5 Å². The lowest BCUT2D eigenvalue weighted by molar-refractivity contribution is 0.200. The number of anilines is 1. The van der Waals surface area contributed by atoms with E-state index in [2.05, 4.69) is 22.0 Å². The Morgan fingerprint density at radius 1 is 1.07 bits per heavy atom. The van der Waals surface area contributed by atoms with Gasteiger partial charge in [-0.2, -0.15) is 0 Å². The maximum Gasteiger partial charge on any atom is 0.128 e. The molecule has 5 heteroatoms. The number of nitrogen functional groups attached to an aromatic ring is 1. The van der Waals surface area contributed by atoms with Crippen LogP contribution in [-0.2, 0) is 0 Å². The lowest BCUT2D eigenvalue weighted by atomic mass is 10.0. The number of rotatable bonds is 6. The molecule has 0 atom stereocenters. The minimum atomic E-state index is 0.676. The number of nitrogens with two attached hydrogens (primary N) is 1. The van der Waals surface area contributed by atoms with Crippen molar-refractivity contribution >= 4 is 22.7 Å². The van der Waals surface area contributed by atoms with Gasteiger partial charge in [0.1, 0.15) is 18.1 Å². The molecule has 3 aromatic rings. The number of likely N-dealkylation sites (tertiary alicyclic amines) is 1. The Hall–Kier alpha value is -3.05. The Labute approximate surface area is 178 Å². The topological polar surface area (TPSA) is 60.6 Å². The third kappa shape index (κ3) is 4.74. The van der Waals surface area contributed by atoms with E-state index in [1.165, 1.54) is 5.57 Å². The predicted octanol–water partition coefficient (Wildman–Crippen LogP) is 4.69. The summed E-state index contributed by atoms with van der Waals surface area (Å²) < 4.78 is 11.6. The first-order valence-corrected chi connectivity index (χ1v) is 10.5. The number of pyridine rings is 1. The van der Waals surface area contributed by atoms with E-state index in [1.807, 2.05) is 49.4 Å². The van der Waals surface area contributed by atoms with Gasteiger partial charge in [0.15, 0.2) is 0 Å². The van der Waals surface area contributed by atoms with Gasteiger partial charge in [0.2, 0.25) is 0 Å². The lowest BCUT2D eigenvalue weighted by Crippen LogP contribution is -2.34. The molecule has 0 spiro atoms. The Bertz CT molecular complexity index is 1050. The molecule has 0 aliphatic carbocycles. The molecule has 0 radical (unpaired) electrons. The number of fused-ring (bicyclic) bond motifs is 1. The van der Waals surface area contributed by atoms with Crippen molar-refractivity contribution in [2.45, 2.75) is 19.8 Å². The number of ether oxygens (including phenoxy) is 2. The third-order valence-electron chi connectivity index (χ3n) is 5.61. The standard InChI is InChI=1S/C25H29N3O2/c1-18-6-8-22-23(27-18)4-3-5-25(22)30-15-14-28-12-10-19(11-13-28)16-20-17-21(26)7-9-24(20)29-2/h3-9,16-17H,10-15,26H2,1-2H3. The van der Waals surface area contributed by atoms with Gasteiger partial charge in [-0.05, 0) is 62.2 Å². The number of nitrogens with zero attached hydrogens (tertiary/aromatic N) is 2. The summed E-state index contributed by atoms with van der Waals surface area (Å²) in [7, 11) is 1.70. The summed E-state index contributed by atoms with van der Waals surface area (Å²) >= 11 is 0. The average Bonchev–Trinajstić information content (AvgIpc) is 2.75. The number of benzene rings is 2. The molecule has 2 N–H and O–H groups in total. The fourth-order valence-corrected chi connectivity index (χ4v) is 3.93. The number of methoxy groups -OCH3 is 1. The molecule has 1 saturated heterocycles. The van der Waals surface area contributed by atoms with E-state index in [0.717, 1.165) is 71.8 Å². The van der Waals surface area contributed by atoms with E-state index in [0.29, 0.717) is 6.61 Å². The molecule has 0 bridgehead atoms. The van der Waals surface area contributed by atoms with E-state index in [1.54, 1.807) is 7.11 Å². The zero-order valence-corrected chi connectivity index (χ0v) is 17.7. The second-order valence-electron chi connectivity index (χ2n) is 7.77. The van der Waals surface area contributed by atoms with Crippen LogP contribution in [0.2, 0.25) is 0 Å². The number of hydrogen-bond acceptors (Lipinski definition) is 5. The van der Waals surface area contributed by atoms with Gasteiger partial charge in [-0.1, -0.05) is 17.7 Å². The molecule has 2 heterocycles. The molecule has 1 aliphatic rings. The van der Waals surface area contributed by atoms with Crippen molar-refractivity contribution in [2.75, 3.05) is 39.1 Å². The van der Waals surface area contributed by atoms with Gasteiger partial charge in [0.05, 0.1) is 12.6 Å². The van der Waals surface area contributed by atoms with Crippen molar-refractivity contribution in [3.63, 3.8) is 0 Å². The van der Waals surface area contributed by atoms with Gasteiger partial charge in [0, 0.05) is 42.0 Å². The first-order chi connectivity index (χ1) is 14.6. The predicted molar refractivity (Wildman–Crippen MR) is 123 cm³/mol. The summed E-state index contributed by atoms with van der Waals surface area (Å²) in [5, 5.41) is 1.07. The highest BCUT2D eigenvalue weighted by atomic mass is 16.5. The maximum atomic E-state index is 6.10. The van der Waals surface area contributed by atoms with Crippen LogP contribution in [-0.4, -0.2) is 43.2 Å². The molecule has 0 saturated carbocycles. The fraction of sp³-hybridized carbons (Fsp3) is 0.320. The zero-order valence-electron chi connectivity index (χ0n) is 17.7. The monoisotopic (exact) mass is 403 g/mol. The lowest BCUT2D eigenvalue weighted by Gasteiger charge is -2.28. The summed E-state index contributed by atoms with van der Waals surface area (Å²) in [5.74, 6) is 1.78. The number of aromatic nitrogens is 1. The molecule has 1 aromatic heterocycles. The SMILES string of the molecule is COc1ccc(N)cc1C=C1CCN(CCOc2cccc3nc(C)ccc23)CC1. The normalized spacial score (nSPS) is 14.7. The van der Waals surface area contributed by atoms with Gasteiger partial charge in [0.25, 0.3) is 0 Å². The van der Waals surface area contributed by atoms with Crippen molar-refractivity contribution in [2.24, 2.45) is 0 Å². The molecule has 2 aromatic carbocycles. The highest BCUT2D eigenvalue weighted by molar-refractivity contribution is 5.85. The minimum Gasteiger partial charge on any atom is -0.496 e. The van der Waals surface area contributed by atoms with Crippen molar-refractivity contribution in [1.29, 1.82) is 0 Å². The zero-order chi connectivity index (χ0) is 20.9. The fourth-order valence-electron chi connectivity index (χ4n) is 3.93. The van der Waals surface area contributed by atoms with Crippen LogP contribution in [0.3, 0.4) is 0 Å². The van der Waals surface area contributed by atoms with Gasteiger partial charge in [-0.25, -0.2) is 0 Å². The largest absolute Gasteiger partial charge is 0.496 e. The van der Waals surface area contributed by atoms with E-state index < -0.39 is 0 Å². The molecule has 4 rings (SSSR count). The molecule has 30 heavy (non-hydrogen) atoms. The highest BCUT2D eigenvalue weighted by Crippen LogP contribution is 2.27. The Morgan fingerprint density at radius 2 is 1.90 bits per heavy atom. The molecule has 0 amide bonds. The Balaban J connectivity index is 1.31. The Kier molecular flexibility index (Phi) is 6.19. The van der Waals surface area contributed by atoms with Crippen LogP contribution in [0.4, 0.5) is 5.69 Å². The van der Waals surface area contributed by atoms with Crippen LogP contribution in [0.1, 0.15) is 24.1 Å². The van der Waals surface area contributed by atoms with Gasteiger partial charge in [-0.15, -0.1) is 0 Å². The van der Waals surface area contributed by atoms with Crippen LogP contribution < -0.4 is 15.2 Å². The van der Waals surface area contributed by atoms with Gasteiger partial charge < -0.3 is 15.2 Å². The smallest absolute Gasteiger partial charge is 0.128 e. The summed E-state index contributed by atoms with van der Waals surface area (Å²) in [6, 6.07) is 16.0. The molecule has 5 nitrogen and oxygen atoms in total. The number of aryl methyl sites for hydroxylation is 1. The molecule has 1 aliphatic heterocycles. The molecular formula is C25H29N3O2. The van der Waals surface area contributed by atoms with Crippen LogP contribution in [0.15, 0.2) is 54.1 Å². The summed E-state index contributed by atoms with van der Waals surface area (Å²) in [5.41, 5.74) is 11.2. The van der Waals surface area contributed by atoms with Crippen LogP contribution >= 0.6 is 0 Å². The van der Waals surface area contributed by atoms with E-state index in [4.69, 9.17) is 15.2 Å². The van der Waals surface area contributed by atoms with Crippen molar-refractivity contribution in [1.82, 2.24) is 9.88 Å². The number of piperidine rings is 1. The quantitative estimate of drug-likeness (QED) is 0.605. The van der Waals surface area contributed by atoms with Crippen molar-refractivity contribution in [3.05, 3.63) is 65.4 Å². The summed E-state index contributed by atoms with van der Waals surface area (Å²) in [6.07, 6.45) is 4.33. The maximum absolute atomic E-state index is 6.10. The second kappa shape index (κ2) is 9.18.